The Kier molecular flexibility index (Phi) is 3.90. The number of hydrogen-bond donors (Lipinski definition) is 0. The highest BCUT2D eigenvalue weighted by Crippen LogP contribution is 2.24. The van der Waals surface area contributed by atoms with Crippen molar-refractivity contribution < 1.29 is 14.1 Å². The summed E-state index contributed by atoms with van der Waals surface area (Å²) in [5, 5.41) is 5.70. The lowest BCUT2D eigenvalue weighted by Crippen LogP contribution is -2.05. The Hall–Kier alpha value is -1.21. The predicted molar refractivity (Wildman–Crippen MR) is 65.1 cm³/mol. The van der Waals surface area contributed by atoms with Crippen LogP contribution < -0.4 is 0 Å². The third kappa shape index (κ3) is 2.92. The molecule has 5 nitrogen and oxygen atoms in total. The van der Waals surface area contributed by atoms with Crippen LogP contribution in [0.15, 0.2) is 20.4 Å². The van der Waals surface area contributed by atoms with E-state index in [4.69, 9.17) is 9.26 Å². The molecule has 90 valence electrons. The molecule has 0 radical (unpaired) electrons. The van der Waals surface area contributed by atoms with Crippen molar-refractivity contribution in [3.05, 3.63) is 32.5 Å². The maximum Gasteiger partial charge on any atom is 0.397 e. The zero-order valence-electron chi connectivity index (χ0n) is 8.97. The van der Waals surface area contributed by atoms with Crippen molar-refractivity contribution in [2.45, 2.75) is 13.3 Å². The van der Waals surface area contributed by atoms with Gasteiger partial charge in [0.15, 0.2) is 5.82 Å². The lowest BCUT2D eigenvalue weighted by Gasteiger charge is -1.93. The molecule has 0 aliphatic heterocycles. The number of halogens is 1. The van der Waals surface area contributed by atoms with Crippen LogP contribution in [0, 0.1) is 0 Å². The highest BCUT2D eigenvalue weighted by Gasteiger charge is 2.17. The van der Waals surface area contributed by atoms with E-state index >= 15 is 0 Å². The van der Waals surface area contributed by atoms with Crippen molar-refractivity contribution in [1.82, 2.24) is 10.1 Å². The van der Waals surface area contributed by atoms with Crippen LogP contribution in [-0.4, -0.2) is 22.7 Å². The molecule has 0 bridgehead atoms. The number of ether oxygens (including phenoxy) is 1. The summed E-state index contributed by atoms with van der Waals surface area (Å²) in [6.45, 7) is 2.00. The van der Waals surface area contributed by atoms with E-state index in [2.05, 4.69) is 26.1 Å². The summed E-state index contributed by atoms with van der Waals surface area (Å²) in [5.74, 6) is -0.220. The highest BCUT2D eigenvalue weighted by atomic mass is 79.9. The average Bonchev–Trinajstić information content (AvgIpc) is 2.90. The van der Waals surface area contributed by atoms with Gasteiger partial charge >= 0.3 is 11.9 Å². The first kappa shape index (κ1) is 12.3. The van der Waals surface area contributed by atoms with Crippen molar-refractivity contribution >= 4 is 33.2 Å². The number of carbonyl (C=O) groups is 1. The van der Waals surface area contributed by atoms with E-state index in [9.17, 15) is 4.79 Å². The van der Waals surface area contributed by atoms with Crippen LogP contribution >= 0.6 is 27.3 Å². The van der Waals surface area contributed by atoms with E-state index in [1.165, 1.54) is 0 Å². The lowest BCUT2D eigenvalue weighted by atomic mass is 10.3. The molecule has 0 atom stereocenters. The van der Waals surface area contributed by atoms with Gasteiger partial charge in [-0.1, -0.05) is 5.16 Å². The first-order chi connectivity index (χ1) is 8.20. The number of esters is 1. The third-order valence-corrected chi connectivity index (χ3v) is 3.85. The molecule has 0 aromatic carbocycles. The fraction of sp³-hybridized carbons (Fsp3) is 0.300. The van der Waals surface area contributed by atoms with Gasteiger partial charge in [-0.3, -0.25) is 0 Å². The zero-order chi connectivity index (χ0) is 12.3. The molecule has 0 aliphatic rings. The molecule has 0 aliphatic carbocycles. The largest absolute Gasteiger partial charge is 0.459 e. The molecule has 0 amide bonds. The van der Waals surface area contributed by atoms with E-state index in [-0.39, 0.29) is 12.5 Å². The second-order valence-electron chi connectivity index (χ2n) is 3.10. The van der Waals surface area contributed by atoms with E-state index in [1.807, 2.05) is 11.4 Å². The molecule has 7 heteroatoms. The van der Waals surface area contributed by atoms with Crippen molar-refractivity contribution in [1.29, 1.82) is 0 Å². The fourth-order valence-electron chi connectivity index (χ4n) is 1.20. The van der Waals surface area contributed by atoms with Gasteiger partial charge in [0.05, 0.1) is 6.61 Å². The average molecular weight is 317 g/mol. The minimum Gasteiger partial charge on any atom is -0.459 e. The van der Waals surface area contributed by atoms with Gasteiger partial charge in [-0.2, -0.15) is 4.98 Å². The van der Waals surface area contributed by atoms with Crippen LogP contribution in [0.1, 0.15) is 28.3 Å². The van der Waals surface area contributed by atoms with Crippen LogP contribution in [0.2, 0.25) is 0 Å². The zero-order valence-corrected chi connectivity index (χ0v) is 11.4. The van der Waals surface area contributed by atoms with Crippen molar-refractivity contribution in [2.24, 2.45) is 0 Å². The van der Waals surface area contributed by atoms with Crippen molar-refractivity contribution in [2.75, 3.05) is 6.61 Å². The summed E-state index contributed by atoms with van der Waals surface area (Å²) < 4.78 is 10.6. The Labute approximate surface area is 110 Å². The van der Waals surface area contributed by atoms with Gasteiger partial charge in [-0.05, 0) is 34.3 Å². The minimum atomic E-state index is -0.587. The lowest BCUT2D eigenvalue weighted by molar-refractivity contribution is 0.0470. The van der Waals surface area contributed by atoms with Crippen molar-refractivity contribution in [3.8, 4) is 0 Å². The van der Waals surface area contributed by atoms with Crippen LogP contribution in [0.25, 0.3) is 0 Å². The molecule has 2 aromatic heterocycles. The highest BCUT2D eigenvalue weighted by molar-refractivity contribution is 9.10. The Bertz CT molecular complexity index is 523. The molecule has 0 spiro atoms. The number of hydrogen-bond acceptors (Lipinski definition) is 6. The van der Waals surface area contributed by atoms with Gasteiger partial charge in [0.2, 0.25) is 0 Å². The van der Waals surface area contributed by atoms with E-state index in [1.54, 1.807) is 18.3 Å². The molecular formula is C10H9BrN2O3S. The van der Waals surface area contributed by atoms with Crippen LogP contribution in [0.5, 0.6) is 0 Å². The van der Waals surface area contributed by atoms with Crippen LogP contribution in [-0.2, 0) is 11.2 Å². The summed E-state index contributed by atoms with van der Waals surface area (Å²) >= 11 is 5.00. The van der Waals surface area contributed by atoms with Gasteiger partial charge in [0.1, 0.15) is 0 Å². The van der Waals surface area contributed by atoms with Crippen LogP contribution in [0.3, 0.4) is 0 Å². The van der Waals surface area contributed by atoms with Gasteiger partial charge in [0.25, 0.3) is 0 Å². The Balaban J connectivity index is 2.09. The van der Waals surface area contributed by atoms with E-state index in [0.717, 1.165) is 9.35 Å². The number of rotatable bonds is 4. The molecule has 0 saturated carbocycles. The topological polar surface area (TPSA) is 65.2 Å². The summed E-state index contributed by atoms with van der Waals surface area (Å²) in [7, 11) is 0. The molecule has 0 N–H and O–H groups in total. The summed E-state index contributed by atoms with van der Waals surface area (Å²) in [6, 6.07) is 1.95. The monoisotopic (exact) mass is 316 g/mol. The van der Waals surface area contributed by atoms with Gasteiger partial charge in [-0.25, -0.2) is 4.79 Å². The molecule has 0 unspecified atom stereocenters. The molecule has 2 heterocycles. The first-order valence-electron chi connectivity index (χ1n) is 4.92. The Morgan fingerprint density at radius 1 is 1.65 bits per heavy atom. The fourth-order valence-corrected chi connectivity index (χ4v) is 2.69. The normalized spacial score (nSPS) is 10.5. The van der Waals surface area contributed by atoms with Crippen molar-refractivity contribution in [3.63, 3.8) is 0 Å². The van der Waals surface area contributed by atoms with Gasteiger partial charge in [0, 0.05) is 15.8 Å². The molecule has 2 rings (SSSR count). The Morgan fingerprint density at radius 2 is 2.47 bits per heavy atom. The number of aromatic nitrogens is 2. The maximum atomic E-state index is 11.3. The SMILES string of the molecule is CCOC(=O)c1nc(Cc2sccc2Br)no1. The Morgan fingerprint density at radius 3 is 3.12 bits per heavy atom. The first-order valence-corrected chi connectivity index (χ1v) is 6.59. The minimum absolute atomic E-state index is 0.102. The van der Waals surface area contributed by atoms with Crippen LogP contribution in [0.4, 0.5) is 0 Å². The van der Waals surface area contributed by atoms with E-state index in [0.29, 0.717) is 12.2 Å². The molecule has 17 heavy (non-hydrogen) atoms. The molecular weight excluding hydrogens is 308 g/mol. The quantitative estimate of drug-likeness (QED) is 0.811. The van der Waals surface area contributed by atoms with Gasteiger partial charge < -0.3 is 9.26 Å². The molecule has 0 saturated heterocycles. The second-order valence-corrected chi connectivity index (χ2v) is 4.96. The predicted octanol–water partition coefficient (Wildman–Crippen LogP) is 2.66. The number of carbonyl (C=O) groups excluding carboxylic acids is 1. The third-order valence-electron chi connectivity index (χ3n) is 1.93. The van der Waals surface area contributed by atoms with Gasteiger partial charge in [-0.15, -0.1) is 11.3 Å². The number of nitrogens with zero attached hydrogens (tertiary/aromatic N) is 2. The van der Waals surface area contributed by atoms with E-state index < -0.39 is 5.97 Å². The second kappa shape index (κ2) is 5.42. The maximum absolute atomic E-state index is 11.3. The number of thiophene rings is 1. The molecule has 2 aromatic rings. The molecule has 0 fully saturated rings. The summed E-state index contributed by atoms with van der Waals surface area (Å²) in [6.07, 6.45) is 0.529. The standard InChI is InChI=1S/C10H9BrN2O3S/c1-2-15-10(14)9-12-8(13-16-9)5-7-6(11)3-4-17-7/h3-4H,2,5H2,1H3. The smallest absolute Gasteiger partial charge is 0.397 e. The summed E-state index contributed by atoms with van der Waals surface area (Å²) in [5.41, 5.74) is 0. The summed E-state index contributed by atoms with van der Waals surface area (Å²) in [4.78, 5) is 16.4.